The Kier molecular flexibility index (Phi) is 4.17. The minimum atomic E-state index is -0.222. The second-order valence-corrected chi connectivity index (χ2v) is 6.33. The Bertz CT molecular complexity index is 616. The fourth-order valence-electron chi connectivity index (χ4n) is 2.16. The predicted molar refractivity (Wildman–Crippen MR) is 81.2 cm³/mol. The summed E-state index contributed by atoms with van der Waals surface area (Å²) < 4.78 is 11.3. The Hall–Kier alpha value is -1.53. The minimum Gasteiger partial charge on any atom is -0.480 e. The quantitative estimate of drug-likeness (QED) is 0.933. The second-order valence-electron chi connectivity index (χ2n) is 5.27. The van der Waals surface area contributed by atoms with Crippen molar-refractivity contribution < 1.29 is 9.26 Å². The lowest BCUT2D eigenvalue weighted by molar-refractivity contribution is 0.204. The average molecular weight is 305 g/mol. The Morgan fingerprint density at radius 3 is 3.05 bits per heavy atom. The van der Waals surface area contributed by atoms with Gasteiger partial charge in [-0.3, -0.25) is 0 Å². The maximum absolute atomic E-state index is 6.13. The van der Waals surface area contributed by atoms with E-state index >= 15 is 0 Å². The molecule has 112 valence electrons. The minimum absolute atomic E-state index is 0.188. The van der Waals surface area contributed by atoms with Crippen LogP contribution in [0.3, 0.4) is 0 Å². The molecule has 0 saturated heterocycles. The molecule has 2 heterocycles. The van der Waals surface area contributed by atoms with Crippen LogP contribution < -0.4 is 10.5 Å². The Morgan fingerprint density at radius 2 is 2.24 bits per heavy atom. The molecule has 3 rings (SSSR count). The molecule has 0 radical (unpaired) electrons. The zero-order valence-electron chi connectivity index (χ0n) is 12.2. The molecule has 0 bridgehead atoms. The predicted octanol–water partition coefficient (Wildman–Crippen LogP) is 3.34. The van der Waals surface area contributed by atoms with Crippen molar-refractivity contribution in [2.45, 2.75) is 37.3 Å². The summed E-state index contributed by atoms with van der Waals surface area (Å²) in [5.41, 5.74) is 6.13. The number of para-hydroxylation sites is 1. The molecule has 1 aromatic heterocycles. The molecule has 2 unspecified atom stereocenters. The number of rotatable bonds is 4. The Labute approximate surface area is 128 Å². The van der Waals surface area contributed by atoms with E-state index < -0.39 is 0 Å². The summed E-state index contributed by atoms with van der Waals surface area (Å²) in [6.45, 7) is 4.18. The van der Waals surface area contributed by atoms with Gasteiger partial charge in [0.2, 0.25) is 11.7 Å². The van der Waals surface area contributed by atoms with Crippen molar-refractivity contribution in [2.24, 2.45) is 11.7 Å². The first-order chi connectivity index (χ1) is 10.2. The number of ether oxygens (including phenoxy) is 1. The summed E-state index contributed by atoms with van der Waals surface area (Å²) in [7, 11) is 0. The molecule has 21 heavy (non-hydrogen) atoms. The topological polar surface area (TPSA) is 74.2 Å². The van der Waals surface area contributed by atoms with Gasteiger partial charge in [-0.25, -0.2) is 0 Å². The highest BCUT2D eigenvalue weighted by atomic mass is 32.2. The van der Waals surface area contributed by atoms with E-state index in [4.69, 9.17) is 15.0 Å². The monoisotopic (exact) mass is 305 g/mol. The number of nitrogens with zero attached hydrogens (tertiary/aromatic N) is 2. The van der Waals surface area contributed by atoms with Crippen molar-refractivity contribution in [1.82, 2.24) is 10.1 Å². The molecular formula is C15H19N3O2S. The maximum Gasteiger partial charge on any atom is 0.243 e. The van der Waals surface area contributed by atoms with Crippen LogP contribution in [0.1, 0.15) is 44.1 Å². The largest absolute Gasteiger partial charge is 0.480 e. The van der Waals surface area contributed by atoms with Gasteiger partial charge in [-0.05, 0) is 18.1 Å². The van der Waals surface area contributed by atoms with Gasteiger partial charge in [0.25, 0.3) is 0 Å². The third-order valence-corrected chi connectivity index (χ3v) is 4.91. The highest BCUT2D eigenvalue weighted by molar-refractivity contribution is 7.99. The van der Waals surface area contributed by atoms with Gasteiger partial charge in [-0.2, -0.15) is 4.98 Å². The molecule has 2 N–H and O–H groups in total. The molecule has 0 spiro atoms. The molecule has 0 fully saturated rings. The van der Waals surface area contributed by atoms with E-state index in [0.717, 1.165) is 22.8 Å². The van der Waals surface area contributed by atoms with Crippen molar-refractivity contribution in [1.29, 1.82) is 0 Å². The SMILES string of the molecule is CCC(C)[C@H](N)c1nc(C2CSc3ccccc3O2)no1. The molecule has 5 nitrogen and oxygen atoms in total. The van der Waals surface area contributed by atoms with Gasteiger partial charge >= 0.3 is 0 Å². The van der Waals surface area contributed by atoms with Crippen LogP contribution in [0.5, 0.6) is 5.75 Å². The summed E-state index contributed by atoms with van der Waals surface area (Å²) in [5, 5.41) is 4.05. The van der Waals surface area contributed by atoms with Crippen LogP contribution in [0.2, 0.25) is 0 Å². The third kappa shape index (κ3) is 2.91. The molecule has 6 heteroatoms. The number of benzene rings is 1. The van der Waals surface area contributed by atoms with E-state index in [2.05, 4.69) is 30.1 Å². The van der Waals surface area contributed by atoms with Crippen LogP contribution >= 0.6 is 11.8 Å². The van der Waals surface area contributed by atoms with Gasteiger partial charge in [0.15, 0.2) is 6.10 Å². The Balaban J connectivity index is 1.76. The van der Waals surface area contributed by atoms with Gasteiger partial charge in [0.05, 0.1) is 6.04 Å². The first-order valence-corrected chi connectivity index (χ1v) is 8.15. The van der Waals surface area contributed by atoms with Crippen LogP contribution in [-0.2, 0) is 0 Å². The number of nitrogens with two attached hydrogens (primary N) is 1. The van der Waals surface area contributed by atoms with Crippen molar-refractivity contribution in [2.75, 3.05) is 5.75 Å². The summed E-state index contributed by atoms with van der Waals surface area (Å²) in [4.78, 5) is 5.58. The third-order valence-electron chi connectivity index (χ3n) is 3.80. The first kappa shape index (κ1) is 14.4. The lowest BCUT2D eigenvalue weighted by atomic mass is 10.0. The van der Waals surface area contributed by atoms with Crippen LogP contribution in [0.15, 0.2) is 33.7 Å². The van der Waals surface area contributed by atoms with Crippen LogP contribution in [0.25, 0.3) is 0 Å². The maximum atomic E-state index is 6.13. The number of thioether (sulfide) groups is 1. The summed E-state index contributed by atoms with van der Waals surface area (Å²) in [6.07, 6.45) is 0.786. The van der Waals surface area contributed by atoms with E-state index in [0.29, 0.717) is 17.6 Å². The number of aromatic nitrogens is 2. The number of hydrogen-bond acceptors (Lipinski definition) is 6. The molecule has 1 aromatic carbocycles. The summed E-state index contributed by atoms with van der Waals surface area (Å²) in [6, 6.07) is 7.76. The fraction of sp³-hybridized carbons (Fsp3) is 0.467. The molecule has 1 aliphatic heterocycles. The fourth-order valence-corrected chi connectivity index (χ4v) is 3.14. The van der Waals surface area contributed by atoms with Gasteiger partial charge in [0, 0.05) is 10.6 Å². The molecule has 3 atom stereocenters. The van der Waals surface area contributed by atoms with E-state index in [9.17, 15) is 0 Å². The van der Waals surface area contributed by atoms with Crippen molar-refractivity contribution in [3.63, 3.8) is 0 Å². The van der Waals surface area contributed by atoms with E-state index in [1.807, 2.05) is 18.2 Å². The highest BCUT2D eigenvalue weighted by Gasteiger charge is 2.28. The van der Waals surface area contributed by atoms with Gasteiger partial charge in [0.1, 0.15) is 5.75 Å². The van der Waals surface area contributed by atoms with Gasteiger partial charge in [-0.1, -0.05) is 37.6 Å². The zero-order chi connectivity index (χ0) is 14.8. The lowest BCUT2D eigenvalue weighted by Crippen LogP contribution is -2.20. The molecule has 2 aromatic rings. The molecule has 0 amide bonds. The van der Waals surface area contributed by atoms with Crippen LogP contribution in [0, 0.1) is 5.92 Å². The lowest BCUT2D eigenvalue weighted by Gasteiger charge is -2.23. The highest BCUT2D eigenvalue weighted by Crippen LogP contribution is 2.39. The van der Waals surface area contributed by atoms with E-state index in [-0.39, 0.29) is 12.1 Å². The van der Waals surface area contributed by atoms with E-state index in [1.54, 1.807) is 11.8 Å². The van der Waals surface area contributed by atoms with Gasteiger partial charge in [-0.15, -0.1) is 11.8 Å². The smallest absolute Gasteiger partial charge is 0.243 e. The standard InChI is InChI=1S/C15H19N3O2S/c1-3-9(2)13(16)15-17-14(18-20-15)11-8-21-12-7-5-4-6-10(12)19-11/h4-7,9,11,13H,3,8,16H2,1-2H3/t9?,11?,13-/m0/s1. The van der Waals surface area contributed by atoms with Crippen molar-refractivity contribution >= 4 is 11.8 Å². The molecular weight excluding hydrogens is 286 g/mol. The summed E-state index contributed by atoms with van der Waals surface area (Å²) in [5.74, 6) is 3.02. The zero-order valence-corrected chi connectivity index (χ0v) is 13.0. The molecule has 1 aliphatic rings. The van der Waals surface area contributed by atoms with Gasteiger partial charge < -0.3 is 15.0 Å². The second kappa shape index (κ2) is 6.07. The van der Waals surface area contributed by atoms with Crippen LogP contribution in [-0.4, -0.2) is 15.9 Å². The average Bonchev–Trinajstić information content (AvgIpc) is 3.02. The number of hydrogen-bond donors (Lipinski definition) is 1. The van der Waals surface area contributed by atoms with E-state index in [1.165, 1.54) is 0 Å². The Morgan fingerprint density at radius 1 is 1.43 bits per heavy atom. The normalized spacial score (nSPS) is 20.4. The summed E-state index contributed by atoms with van der Waals surface area (Å²) >= 11 is 1.74. The number of fused-ring (bicyclic) bond motifs is 1. The van der Waals surface area contributed by atoms with Crippen molar-refractivity contribution in [3.8, 4) is 5.75 Å². The first-order valence-electron chi connectivity index (χ1n) is 7.16. The van der Waals surface area contributed by atoms with Crippen molar-refractivity contribution in [3.05, 3.63) is 36.0 Å². The molecule has 0 aliphatic carbocycles. The van der Waals surface area contributed by atoms with Crippen LogP contribution in [0.4, 0.5) is 0 Å². The molecule has 0 saturated carbocycles.